The van der Waals surface area contributed by atoms with Crippen molar-refractivity contribution in [3.63, 3.8) is 0 Å². The van der Waals surface area contributed by atoms with Crippen LogP contribution in [0.25, 0.3) is 0 Å². The van der Waals surface area contributed by atoms with Gasteiger partial charge >= 0.3 is 0 Å². The topological polar surface area (TPSA) is 20.3 Å². The molecule has 20 heavy (non-hydrogen) atoms. The Bertz CT molecular complexity index is 524. The molecule has 0 aromatic heterocycles. The molecular weight excluding hydrogens is 270 g/mol. The number of rotatable bonds is 7. The van der Waals surface area contributed by atoms with E-state index in [-0.39, 0.29) is 0 Å². The van der Waals surface area contributed by atoms with Crippen LogP contribution in [0.3, 0.4) is 0 Å². The molecule has 0 heterocycles. The van der Waals surface area contributed by atoms with E-state index in [1.54, 1.807) is 17.0 Å². The molecule has 0 unspecified atom stereocenters. The number of amides is 1. The van der Waals surface area contributed by atoms with Crippen LogP contribution in [0.4, 0.5) is 5.69 Å². The van der Waals surface area contributed by atoms with Crippen molar-refractivity contribution in [1.29, 1.82) is 0 Å². The number of hydrogen-bond donors (Lipinski definition) is 0. The van der Waals surface area contributed by atoms with Crippen LogP contribution in [0, 0.1) is 0 Å². The van der Waals surface area contributed by atoms with Crippen LogP contribution in [-0.4, -0.2) is 13.0 Å². The van der Waals surface area contributed by atoms with Crippen molar-refractivity contribution in [2.45, 2.75) is 19.3 Å². The molecule has 0 aliphatic rings. The van der Waals surface area contributed by atoms with Crippen molar-refractivity contribution < 1.29 is 4.79 Å². The van der Waals surface area contributed by atoms with Gasteiger partial charge in [-0.05, 0) is 49.1 Å². The predicted octanol–water partition coefficient (Wildman–Crippen LogP) is 4.33. The van der Waals surface area contributed by atoms with Gasteiger partial charge in [0.25, 0.3) is 0 Å². The molecule has 2 aromatic carbocycles. The quantitative estimate of drug-likeness (QED) is 0.548. The summed E-state index contributed by atoms with van der Waals surface area (Å²) in [6, 6.07) is 17.8. The molecule has 2 nitrogen and oxygen atoms in total. The number of nitrogens with zero attached hydrogens (tertiary/aromatic N) is 1. The Kier molecular flexibility index (Phi) is 5.63. The lowest BCUT2D eigenvalue weighted by molar-refractivity contribution is -0.107. The van der Waals surface area contributed by atoms with Gasteiger partial charge < -0.3 is 4.90 Å². The second-order valence-electron chi connectivity index (χ2n) is 4.72. The van der Waals surface area contributed by atoms with Crippen molar-refractivity contribution in [2.24, 2.45) is 0 Å². The highest BCUT2D eigenvalue weighted by Crippen LogP contribution is 2.17. The lowest BCUT2D eigenvalue weighted by atomic mass is 10.1. The van der Waals surface area contributed by atoms with Crippen LogP contribution in [0.5, 0.6) is 0 Å². The first-order valence-electron chi connectivity index (χ1n) is 6.81. The summed E-state index contributed by atoms with van der Waals surface area (Å²) >= 11 is 5.85. The average molecular weight is 288 g/mol. The van der Waals surface area contributed by atoms with E-state index in [9.17, 15) is 4.79 Å². The van der Waals surface area contributed by atoms with Crippen molar-refractivity contribution >= 4 is 23.7 Å². The van der Waals surface area contributed by atoms with Crippen LogP contribution < -0.4 is 4.90 Å². The van der Waals surface area contributed by atoms with E-state index in [2.05, 4.69) is 24.3 Å². The highest BCUT2D eigenvalue weighted by Gasteiger charge is 2.04. The standard InChI is InChI=1S/C17H18ClNO/c18-16-9-11-17(12-10-16)19(14-20)13-5-4-8-15-6-2-1-3-7-15/h1-3,6-7,9-12,14H,4-5,8,13H2. The molecule has 0 N–H and O–H groups in total. The summed E-state index contributed by atoms with van der Waals surface area (Å²) in [5.41, 5.74) is 2.24. The number of anilines is 1. The summed E-state index contributed by atoms with van der Waals surface area (Å²) in [6.45, 7) is 0.734. The minimum atomic E-state index is 0.684. The van der Waals surface area contributed by atoms with Gasteiger partial charge in [0.2, 0.25) is 6.41 Å². The summed E-state index contributed by atoms with van der Waals surface area (Å²) in [5, 5.41) is 0.684. The molecule has 0 bridgehead atoms. The van der Waals surface area contributed by atoms with Crippen molar-refractivity contribution in [3.8, 4) is 0 Å². The van der Waals surface area contributed by atoms with Crippen LogP contribution in [0.2, 0.25) is 5.02 Å². The number of hydrogen-bond acceptors (Lipinski definition) is 1. The minimum absolute atomic E-state index is 0.684. The van der Waals surface area contributed by atoms with Gasteiger partial charge in [-0.25, -0.2) is 0 Å². The summed E-state index contributed by atoms with van der Waals surface area (Å²) in [4.78, 5) is 12.9. The van der Waals surface area contributed by atoms with Gasteiger partial charge in [0, 0.05) is 17.3 Å². The Morgan fingerprint density at radius 3 is 2.30 bits per heavy atom. The lowest BCUT2D eigenvalue weighted by Crippen LogP contribution is -2.22. The number of halogens is 1. The van der Waals surface area contributed by atoms with Gasteiger partial charge in [0.15, 0.2) is 0 Å². The van der Waals surface area contributed by atoms with Crippen LogP contribution >= 0.6 is 11.6 Å². The molecule has 0 saturated carbocycles. The van der Waals surface area contributed by atoms with E-state index < -0.39 is 0 Å². The summed E-state index contributed by atoms with van der Waals surface area (Å²) in [7, 11) is 0. The molecule has 0 atom stereocenters. The fourth-order valence-corrected chi connectivity index (χ4v) is 2.26. The molecule has 104 valence electrons. The van der Waals surface area contributed by atoms with Crippen molar-refractivity contribution in [2.75, 3.05) is 11.4 Å². The molecule has 0 fully saturated rings. The van der Waals surface area contributed by atoms with E-state index in [0.717, 1.165) is 37.9 Å². The van der Waals surface area contributed by atoms with Crippen LogP contribution in [0.1, 0.15) is 18.4 Å². The maximum absolute atomic E-state index is 11.1. The Morgan fingerprint density at radius 1 is 0.950 bits per heavy atom. The maximum Gasteiger partial charge on any atom is 0.214 e. The second-order valence-corrected chi connectivity index (χ2v) is 5.15. The number of carbonyl (C=O) groups excluding carboxylic acids is 1. The third-order valence-electron chi connectivity index (χ3n) is 3.24. The highest BCUT2D eigenvalue weighted by atomic mass is 35.5. The van der Waals surface area contributed by atoms with E-state index in [1.807, 2.05) is 18.2 Å². The maximum atomic E-state index is 11.1. The Morgan fingerprint density at radius 2 is 1.65 bits per heavy atom. The Labute approximate surface area is 125 Å². The molecule has 3 heteroatoms. The molecule has 2 rings (SSSR count). The first kappa shape index (κ1) is 14.6. The molecule has 0 aliphatic carbocycles. The fourth-order valence-electron chi connectivity index (χ4n) is 2.13. The minimum Gasteiger partial charge on any atom is -0.315 e. The van der Waals surface area contributed by atoms with E-state index in [1.165, 1.54) is 5.56 Å². The predicted molar refractivity (Wildman–Crippen MR) is 84.2 cm³/mol. The van der Waals surface area contributed by atoms with Gasteiger partial charge in [0.1, 0.15) is 0 Å². The highest BCUT2D eigenvalue weighted by molar-refractivity contribution is 6.30. The second kappa shape index (κ2) is 7.71. The smallest absolute Gasteiger partial charge is 0.214 e. The number of unbranched alkanes of at least 4 members (excludes halogenated alkanes) is 1. The lowest BCUT2D eigenvalue weighted by Gasteiger charge is -2.17. The monoisotopic (exact) mass is 287 g/mol. The molecule has 0 saturated heterocycles. The summed E-state index contributed by atoms with van der Waals surface area (Å²) in [6.07, 6.45) is 3.98. The first-order chi connectivity index (χ1) is 9.79. The van der Waals surface area contributed by atoms with Gasteiger partial charge in [-0.3, -0.25) is 4.79 Å². The first-order valence-corrected chi connectivity index (χ1v) is 7.19. The Hall–Kier alpha value is -1.80. The SMILES string of the molecule is O=CN(CCCCc1ccccc1)c1ccc(Cl)cc1. The van der Waals surface area contributed by atoms with Crippen molar-refractivity contribution in [3.05, 3.63) is 65.2 Å². The van der Waals surface area contributed by atoms with Gasteiger partial charge in [-0.2, -0.15) is 0 Å². The third-order valence-corrected chi connectivity index (χ3v) is 3.49. The van der Waals surface area contributed by atoms with E-state index in [0.29, 0.717) is 5.02 Å². The van der Waals surface area contributed by atoms with Gasteiger partial charge in [-0.15, -0.1) is 0 Å². The summed E-state index contributed by atoms with van der Waals surface area (Å²) in [5.74, 6) is 0. The molecule has 0 spiro atoms. The number of carbonyl (C=O) groups is 1. The zero-order valence-corrected chi connectivity index (χ0v) is 12.1. The third kappa shape index (κ3) is 4.39. The number of aryl methyl sites for hydroxylation is 1. The van der Waals surface area contributed by atoms with Gasteiger partial charge in [0.05, 0.1) is 0 Å². The normalized spacial score (nSPS) is 10.2. The molecule has 0 aliphatic heterocycles. The zero-order chi connectivity index (χ0) is 14.2. The molecule has 2 aromatic rings. The van der Waals surface area contributed by atoms with Crippen LogP contribution in [-0.2, 0) is 11.2 Å². The number of benzene rings is 2. The average Bonchev–Trinajstić information content (AvgIpc) is 2.50. The van der Waals surface area contributed by atoms with E-state index >= 15 is 0 Å². The zero-order valence-electron chi connectivity index (χ0n) is 11.3. The molecular formula is C17H18ClNO. The van der Waals surface area contributed by atoms with Gasteiger partial charge in [-0.1, -0.05) is 41.9 Å². The molecule has 1 amide bonds. The van der Waals surface area contributed by atoms with Crippen molar-refractivity contribution in [1.82, 2.24) is 0 Å². The summed E-state index contributed by atoms with van der Waals surface area (Å²) < 4.78 is 0. The largest absolute Gasteiger partial charge is 0.315 e. The Balaban J connectivity index is 1.79. The van der Waals surface area contributed by atoms with E-state index in [4.69, 9.17) is 11.6 Å². The fraction of sp³-hybridized carbons (Fsp3) is 0.235. The van der Waals surface area contributed by atoms with Crippen LogP contribution in [0.15, 0.2) is 54.6 Å². The molecule has 0 radical (unpaired) electrons.